The highest BCUT2D eigenvalue weighted by Crippen LogP contribution is 2.39. The fraction of sp³-hybridized carbons (Fsp3) is 0.450. The van der Waals surface area contributed by atoms with E-state index in [1.54, 1.807) is 11.3 Å². The zero-order valence-corrected chi connectivity index (χ0v) is 15.9. The van der Waals surface area contributed by atoms with Crippen LogP contribution in [0.1, 0.15) is 30.4 Å². The molecule has 1 atom stereocenters. The SMILES string of the molecule is CC(C)C(C)NC(=O)c1cc(-c2ccccc2)c(N2CCOCC2)s1. The number of nitrogens with zero attached hydrogens (tertiary/aromatic N) is 1. The number of carbonyl (C=O) groups is 1. The summed E-state index contributed by atoms with van der Waals surface area (Å²) in [6.45, 7) is 9.49. The Kier molecular flexibility index (Phi) is 5.76. The Morgan fingerprint density at radius 3 is 2.48 bits per heavy atom. The van der Waals surface area contributed by atoms with Gasteiger partial charge in [0.15, 0.2) is 0 Å². The van der Waals surface area contributed by atoms with Gasteiger partial charge in [-0.3, -0.25) is 4.79 Å². The number of morpholine rings is 1. The van der Waals surface area contributed by atoms with Crippen molar-refractivity contribution in [2.45, 2.75) is 26.8 Å². The summed E-state index contributed by atoms with van der Waals surface area (Å²) in [5.41, 5.74) is 2.28. The summed E-state index contributed by atoms with van der Waals surface area (Å²) >= 11 is 1.58. The molecule has 0 radical (unpaired) electrons. The van der Waals surface area contributed by atoms with E-state index in [1.807, 2.05) is 24.3 Å². The van der Waals surface area contributed by atoms with E-state index in [-0.39, 0.29) is 11.9 Å². The second-order valence-corrected chi connectivity index (χ2v) is 7.83. The third kappa shape index (κ3) is 4.22. The van der Waals surface area contributed by atoms with E-state index in [9.17, 15) is 4.79 Å². The molecule has 5 heteroatoms. The number of anilines is 1. The molecule has 1 aliphatic heterocycles. The number of hydrogen-bond donors (Lipinski definition) is 1. The van der Waals surface area contributed by atoms with Crippen molar-refractivity contribution in [3.05, 3.63) is 41.3 Å². The van der Waals surface area contributed by atoms with Crippen LogP contribution >= 0.6 is 11.3 Å². The maximum absolute atomic E-state index is 12.7. The highest BCUT2D eigenvalue weighted by Gasteiger charge is 2.22. The molecule has 1 saturated heterocycles. The molecule has 25 heavy (non-hydrogen) atoms. The summed E-state index contributed by atoms with van der Waals surface area (Å²) in [5.74, 6) is 0.430. The van der Waals surface area contributed by atoms with E-state index in [4.69, 9.17) is 4.74 Å². The van der Waals surface area contributed by atoms with Gasteiger partial charge < -0.3 is 15.0 Å². The molecule has 0 saturated carbocycles. The molecule has 2 aromatic rings. The van der Waals surface area contributed by atoms with E-state index in [0.717, 1.165) is 47.3 Å². The van der Waals surface area contributed by atoms with E-state index in [1.165, 1.54) is 0 Å². The molecular weight excluding hydrogens is 332 g/mol. The minimum atomic E-state index is 0.0166. The summed E-state index contributed by atoms with van der Waals surface area (Å²) in [5, 5.41) is 4.28. The van der Waals surface area contributed by atoms with Gasteiger partial charge in [-0.1, -0.05) is 44.2 Å². The number of thiophene rings is 1. The van der Waals surface area contributed by atoms with E-state index >= 15 is 0 Å². The highest BCUT2D eigenvalue weighted by atomic mass is 32.1. The Morgan fingerprint density at radius 1 is 1.16 bits per heavy atom. The lowest BCUT2D eigenvalue weighted by molar-refractivity contribution is 0.0934. The zero-order valence-electron chi connectivity index (χ0n) is 15.1. The lowest BCUT2D eigenvalue weighted by Gasteiger charge is -2.28. The monoisotopic (exact) mass is 358 g/mol. The van der Waals surface area contributed by atoms with Crippen molar-refractivity contribution in [1.29, 1.82) is 0 Å². The summed E-state index contributed by atoms with van der Waals surface area (Å²) in [6.07, 6.45) is 0. The highest BCUT2D eigenvalue weighted by molar-refractivity contribution is 7.18. The van der Waals surface area contributed by atoms with Gasteiger partial charge in [0.25, 0.3) is 5.91 Å². The number of benzene rings is 1. The zero-order chi connectivity index (χ0) is 17.8. The molecule has 2 heterocycles. The molecule has 0 bridgehead atoms. The number of rotatable bonds is 5. The largest absolute Gasteiger partial charge is 0.378 e. The minimum Gasteiger partial charge on any atom is -0.378 e. The number of hydrogen-bond acceptors (Lipinski definition) is 4. The lowest BCUT2D eigenvalue weighted by atomic mass is 10.1. The third-order valence-corrected chi connectivity index (χ3v) is 5.87. The first kappa shape index (κ1) is 18.0. The van der Waals surface area contributed by atoms with E-state index < -0.39 is 0 Å². The Bertz CT molecular complexity index is 706. The fourth-order valence-corrected chi connectivity index (χ4v) is 3.90. The second-order valence-electron chi connectivity index (χ2n) is 6.80. The molecule has 0 aliphatic carbocycles. The van der Waals surface area contributed by atoms with Crippen molar-refractivity contribution < 1.29 is 9.53 Å². The molecule has 1 unspecified atom stereocenters. The molecule has 1 fully saturated rings. The molecule has 0 spiro atoms. The summed E-state index contributed by atoms with van der Waals surface area (Å²) < 4.78 is 5.48. The van der Waals surface area contributed by atoms with Crippen molar-refractivity contribution >= 4 is 22.2 Å². The van der Waals surface area contributed by atoms with Crippen LogP contribution < -0.4 is 10.2 Å². The van der Waals surface area contributed by atoms with Gasteiger partial charge in [0, 0.05) is 24.7 Å². The van der Waals surface area contributed by atoms with Crippen LogP contribution in [0.15, 0.2) is 36.4 Å². The van der Waals surface area contributed by atoms with Gasteiger partial charge in [0.1, 0.15) is 0 Å². The van der Waals surface area contributed by atoms with Crippen molar-refractivity contribution in [3.8, 4) is 11.1 Å². The molecular formula is C20H26N2O2S. The first-order chi connectivity index (χ1) is 12.1. The average Bonchev–Trinajstić information content (AvgIpc) is 3.08. The van der Waals surface area contributed by atoms with Gasteiger partial charge >= 0.3 is 0 Å². The van der Waals surface area contributed by atoms with Crippen LogP contribution in [0.4, 0.5) is 5.00 Å². The summed E-state index contributed by atoms with van der Waals surface area (Å²) in [4.78, 5) is 15.8. The maximum Gasteiger partial charge on any atom is 0.261 e. The molecule has 1 aromatic heterocycles. The standard InChI is InChI=1S/C20H26N2O2S/c1-14(2)15(3)21-19(23)18-13-17(16-7-5-4-6-8-16)20(25-18)22-9-11-24-12-10-22/h4-8,13-15H,9-12H2,1-3H3,(H,21,23). The Balaban J connectivity index is 1.92. The number of nitrogens with one attached hydrogen (secondary N) is 1. The normalized spacial score (nSPS) is 16.1. The molecule has 1 aromatic carbocycles. The first-order valence-electron chi connectivity index (χ1n) is 8.89. The Labute approximate surface area is 153 Å². The van der Waals surface area contributed by atoms with Gasteiger partial charge in [-0.15, -0.1) is 11.3 Å². The third-order valence-electron chi connectivity index (χ3n) is 4.68. The molecule has 1 amide bonds. The van der Waals surface area contributed by atoms with Crippen LogP contribution in [0, 0.1) is 5.92 Å². The number of ether oxygens (including phenoxy) is 1. The van der Waals surface area contributed by atoms with Gasteiger partial charge in [0.2, 0.25) is 0 Å². The predicted octanol–water partition coefficient (Wildman–Crippen LogP) is 4.03. The van der Waals surface area contributed by atoms with Gasteiger partial charge in [-0.2, -0.15) is 0 Å². The molecule has 1 N–H and O–H groups in total. The molecule has 4 nitrogen and oxygen atoms in total. The van der Waals surface area contributed by atoms with Crippen LogP contribution in [0.2, 0.25) is 0 Å². The summed E-state index contributed by atoms with van der Waals surface area (Å²) in [7, 11) is 0. The molecule has 134 valence electrons. The van der Waals surface area contributed by atoms with Crippen LogP contribution in [0.5, 0.6) is 0 Å². The van der Waals surface area contributed by atoms with Crippen molar-refractivity contribution in [3.63, 3.8) is 0 Å². The Morgan fingerprint density at radius 2 is 1.84 bits per heavy atom. The van der Waals surface area contributed by atoms with Gasteiger partial charge in [-0.25, -0.2) is 0 Å². The number of carbonyl (C=O) groups excluding carboxylic acids is 1. The van der Waals surface area contributed by atoms with Gasteiger partial charge in [0.05, 0.1) is 23.1 Å². The number of amides is 1. The average molecular weight is 359 g/mol. The second kappa shape index (κ2) is 8.02. The first-order valence-corrected chi connectivity index (χ1v) is 9.70. The predicted molar refractivity (Wildman–Crippen MR) is 105 cm³/mol. The smallest absolute Gasteiger partial charge is 0.261 e. The minimum absolute atomic E-state index is 0.0166. The molecule has 3 rings (SSSR count). The van der Waals surface area contributed by atoms with Crippen LogP contribution in [0.25, 0.3) is 11.1 Å². The molecule has 1 aliphatic rings. The fourth-order valence-electron chi connectivity index (χ4n) is 2.76. The maximum atomic E-state index is 12.7. The van der Waals surface area contributed by atoms with E-state index in [0.29, 0.717) is 5.92 Å². The van der Waals surface area contributed by atoms with Crippen molar-refractivity contribution in [1.82, 2.24) is 5.32 Å². The quantitative estimate of drug-likeness (QED) is 0.877. The van der Waals surface area contributed by atoms with Crippen LogP contribution in [0.3, 0.4) is 0 Å². The topological polar surface area (TPSA) is 41.6 Å². The van der Waals surface area contributed by atoms with Crippen LogP contribution in [-0.4, -0.2) is 38.3 Å². The lowest BCUT2D eigenvalue weighted by Crippen LogP contribution is -2.36. The Hall–Kier alpha value is -1.85. The van der Waals surface area contributed by atoms with Crippen molar-refractivity contribution in [2.75, 3.05) is 31.2 Å². The van der Waals surface area contributed by atoms with Crippen molar-refractivity contribution in [2.24, 2.45) is 5.92 Å². The van der Waals surface area contributed by atoms with Gasteiger partial charge in [-0.05, 0) is 24.5 Å². The van der Waals surface area contributed by atoms with Crippen LogP contribution in [-0.2, 0) is 4.74 Å². The van der Waals surface area contributed by atoms with E-state index in [2.05, 4.69) is 43.1 Å². The summed E-state index contributed by atoms with van der Waals surface area (Å²) in [6, 6.07) is 12.5.